The van der Waals surface area contributed by atoms with E-state index in [1.165, 1.54) is 27.2 Å². The van der Waals surface area contributed by atoms with Crippen LogP contribution in [0.1, 0.15) is 151 Å². The number of pyridine rings is 5. The van der Waals surface area contributed by atoms with Gasteiger partial charge in [-0.25, -0.2) is 29.7 Å². The Morgan fingerprint density at radius 2 is 1.00 bits per heavy atom. The maximum absolute atomic E-state index is 12.7. The van der Waals surface area contributed by atoms with Crippen LogP contribution in [0.3, 0.4) is 0 Å². The van der Waals surface area contributed by atoms with Crippen molar-refractivity contribution in [3.8, 4) is 0 Å². The van der Waals surface area contributed by atoms with Gasteiger partial charge < -0.3 is 26.1 Å². The van der Waals surface area contributed by atoms with Crippen LogP contribution in [-0.4, -0.2) is 60.5 Å². The highest BCUT2D eigenvalue weighted by Crippen LogP contribution is 2.29. The monoisotopic (exact) mass is 1430 g/mol. The second kappa shape index (κ2) is 42.0. The van der Waals surface area contributed by atoms with E-state index in [1.54, 1.807) is 37.4 Å². The fourth-order valence-electron chi connectivity index (χ4n) is 7.70. The summed E-state index contributed by atoms with van der Waals surface area (Å²) in [6, 6.07) is 49.4. The predicted molar refractivity (Wildman–Crippen MR) is 394 cm³/mol. The lowest BCUT2D eigenvalue weighted by atomic mass is 10.1. The van der Waals surface area contributed by atoms with Gasteiger partial charge in [-0.1, -0.05) is 139 Å². The van der Waals surface area contributed by atoms with Crippen molar-refractivity contribution in [2.45, 2.75) is 138 Å². The van der Waals surface area contributed by atoms with Crippen molar-refractivity contribution in [1.29, 1.82) is 0 Å². The van der Waals surface area contributed by atoms with Crippen molar-refractivity contribution in [1.82, 2.24) is 29.9 Å². The minimum atomic E-state index is -4.33. The molecule has 15 nitrogen and oxygen atoms in total. The number of nitrogens with zero attached hydrogens (tertiary/aromatic N) is 6. The third kappa shape index (κ3) is 30.0. The summed E-state index contributed by atoms with van der Waals surface area (Å²) >= 11 is 6.75. The fraction of sp³-hybridized carbons (Fsp3) is 0.267. The van der Waals surface area contributed by atoms with Crippen molar-refractivity contribution in [2.24, 2.45) is 0 Å². The van der Waals surface area contributed by atoms with Crippen LogP contribution in [-0.2, 0) is 30.5 Å². The average molecular weight is 1430 g/mol. The van der Waals surface area contributed by atoms with E-state index in [4.69, 9.17) is 10.5 Å². The standard InChI is InChI=1S/C20H24N2O3.C15H16N2O.C14H15BrN2.C8H5F3O.C7H6N2.C6H7BrN2.5CH4/c1-14-6-8-16(9-7-14)12-22(19(24)25-20(3,4)5)18-11-10-17(13-23)15(2)21-18;1-11-3-5-13(6-4-11)9-16-15-8-7-14(10-18)12(2)17-15;1-10-3-5-12(6-4-10)9-16-14-8-7-13(15)11(2)17-14;9-8(10,11)7-3-1-6(5-12)2-4-7;1-2-6-3-5-9-7(6)8-4-1;1-4-5(7)2-3-6(8)9-4;;;;;/h6-11,13H,12H2,1-5H3;3-8,10H,9H2,1-2H3,(H,16,17);3-8H,9H2,1-2H3,(H,16,17);1-5H;1-5H,(H,8,9);2-3H,1H3,(H2,8,9);5*1H4. The Hall–Kier alpha value is -9.40. The molecule has 0 aliphatic carbocycles. The number of nitrogens with two attached hydrogens (primary N) is 1. The van der Waals surface area contributed by atoms with E-state index in [1.807, 2.05) is 121 Å². The predicted octanol–water partition coefficient (Wildman–Crippen LogP) is 20.6. The largest absolute Gasteiger partial charge is 0.443 e. The van der Waals surface area contributed by atoms with Gasteiger partial charge >= 0.3 is 12.3 Å². The summed E-state index contributed by atoms with van der Waals surface area (Å²) in [5.41, 5.74) is 16.7. The van der Waals surface area contributed by atoms with Gasteiger partial charge in [-0.3, -0.25) is 19.3 Å². The molecule has 0 radical (unpaired) electrons. The number of amides is 1. The maximum Gasteiger partial charge on any atom is 0.416 e. The molecule has 10 rings (SSSR count). The number of halogens is 5. The molecule has 6 heterocycles. The Kier molecular flexibility index (Phi) is 37.9. The number of H-pyrrole nitrogens is 1. The van der Waals surface area contributed by atoms with Gasteiger partial charge in [0.2, 0.25) is 0 Å². The SMILES string of the molecule is C.C.C.C.C.Cc1ccc(CN(C(=O)OC(C)(C)C)c2ccc(C=O)c(C)n2)cc1.Cc1ccc(CNc2ccc(Br)c(C)n2)cc1.Cc1ccc(CNc2ccc(C=O)c(C)n2)cc1.Cc1nc(N)ccc1Br.O=Cc1ccc(C(F)(F)F)cc1.c1cnc2[nH]ccc2c1. The summed E-state index contributed by atoms with van der Waals surface area (Å²) in [4.78, 5) is 70.2. The first kappa shape index (κ1) is 85.6. The van der Waals surface area contributed by atoms with E-state index in [-0.39, 0.29) is 42.7 Å². The number of aryl methyl sites for hydroxylation is 7. The number of aromatic nitrogens is 6. The van der Waals surface area contributed by atoms with Gasteiger partial charge in [0.15, 0.2) is 12.6 Å². The number of aromatic amines is 1. The number of alkyl halides is 3. The zero-order valence-corrected chi connectivity index (χ0v) is 55.0. The Labute approximate surface area is 577 Å². The van der Waals surface area contributed by atoms with E-state index in [0.29, 0.717) is 41.3 Å². The summed E-state index contributed by atoms with van der Waals surface area (Å²) in [6.07, 6.45) is 0.937. The van der Waals surface area contributed by atoms with E-state index in [9.17, 15) is 32.3 Å². The van der Waals surface area contributed by atoms with Crippen LogP contribution in [0.5, 0.6) is 0 Å². The molecule has 508 valence electrons. The first-order chi connectivity index (χ1) is 42.7. The zero-order chi connectivity index (χ0) is 66.0. The lowest BCUT2D eigenvalue weighted by Gasteiger charge is -2.27. The van der Waals surface area contributed by atoms with Gasteiger partial charge in [-0.05, 0) is 197 Å². The van der Waals surface area contributed by atoms with Crippen LogP contribution in [0.15, 0.2) is 185 Å². The number of nitrogens with one attached hydrogen (secondary N) is 3. The summed E-state index contributed by atoms with van der Waals surface area (Å²) in [5, 5.41) is 7.73. The molecule has 6 aromatic heterocycles. The van der Waals surface area contributed by atoms with Crippen molar-refractivity contribution in [2.75, 3.05) is 21.3 Å². The molecule has 0 saturated heterocycles. The van der Waals surface area contributed by atoms with Crippen LogP contribution in [0, 0.1) is 48.5 Å². The van der Waals surface area contributed by atoms with Crippen molar-refractivity contribution < 1.29 is 37.1 Å². The summed E-state index contributed by atoms with van der Waals surface area (Å²) in [6.45, 7) is 21.0. The zero-order valence-electron chi connectivity index (χ0n) is 51.8. The number of benzene rings is 4. The molecule has 0 bridgehead atoms. The van der Waals surface area contributed by atoms with Crippen LogP contribution < -0.4 is 21.3 Å². The molecule has 0 fully saturated rings. The lowest BCUT2D eigenvalue weighted by Crippen LogP contribution is -2.37. The summed E-state index contributed by atoms with van der Waals surface area (Å²) in [5.74, 6) is 2.72. The van der Waals surface area contributed by atoms with Gasteiger partial charge in [-0.15, -0.1) is 0 Å². The smallest absolute Gasteiger partial charge is 0.416 e. The Morgan fingerprint density at radius 1 is 0.547 bits per heavy atom. The van der Waals surface area contributed by atoms with Gasteiger partial charge in [0.05, 0.1) is 34.9 Å². The Bertz CT molecular complexity index is 3890. The first-order valence-electron chi connectivity index (χ1n) is 28.3. The highest BCUT2D eigenvalue weighted by Gasteiger charge is 2.30. The van der Waals surface area contributed by atoms with Crippen LogP contribution in [0.2, 0.25) is 0 Å². The van der Waals surface area contributed by atoms with Gasteiger partial charge in [0.25, 0.3) is 0 Å². The molecule has 0 spiro atoms. The summed E-state index contributed by atoms with van der Waals surface area (Å²) in [7, 11) is 0. The van der Waals surface area contributed by atoms with Crippen LogP contribution in [0.4, 0.5) is 41.2 Å². The maximum atomic E-state index is 12.7. The Balaban J connectivity index is 0.00000114. The van der Waals surface area contributed by atoms with Crippen molar-refractivity contribution in [3.05, 3.63) is 264 Å². The summed E-state index contributed by atoms with van der Waals surface area (Å²) < 4.78 is 43.4. The molecule has 0 atom stereocenters. The fourth-order valence-corrected chi connectivity index (χ4v) is 8.14. The number of carbonyl (C=O) groups excluding carboxylic acids is 4. The molecule has 10 aromatic rings. The van der Waals surface area contributed by atoms with Crippen LogP contribution in [0.25, 0.3) is 11.0 Å². The third-order valence-electron chi connectivity index (χ3n) is 12.8. The molecule has 95 heavy (non-hydrogen) atoms. The van der Waals surface area contributed by atoms with Crippen molar-refractivity contribution in [3.63, 3.8) is 0 Å². The molecular formula is C75H93Br2F3N10O5. The normalized spacial score (nSPS) is 9.97. The highest BCUT2D eigenvalue weighted by atomic mass is 79.9. The quantitative estimate of drug-likeness (QED) is 0.0840. The number of aldehydes is 3. The molecular weight excluding hydrogens is 1340 g/mol. The number of carbonyl (C=O) groups is 4. The van der Waals surface area contributed by atoms with E-state index in [2.05, 4.69) is 135 Å². The minimum Gasteiger partial charge on any atom is -0.443 e. The van der Waals surface area contributed by atoms with Gasteiger partial charge in [-0.2, -0.15) is 13.2 Å². The topological polar surface area (TPSA) is 211 Å². The number of fused-ring (bicyclic) bond motifs is 1. The van der Waals surface area contributed by atoms with E-state index >= 15 is 0 Å². The number of anilines is 4. The molecule has 0 aliphatic heterocycles. The molecule has 1 amide bonds. The van der Waals surface area contributed by atoms with E-state index in [0.717, 1.165) is 110 Å². The molecule has 4 aromatic carbocycles. The number of rotatable bonds is 12. The molecule has 0 saturated carbocycles. The minimum absolute atomic E-state index is 0. The number of hydrogen-bond donors (Lipinski definition) is 4. The Morgan fingerprint density at radius 3 is 1.42 bits per heavy atom. The van der Waals surface area contributed by atoms with Crippen LogP contribution >= 0.6 is 31.9 Å². The molecule has 0 unspecified atom stereocenters. The molecule has 20 heteroatoms. The number of nitrogen functional groups attached to an aromatic ring is 1. The van der Waals surface area contributed by atoms with Gasteiger partial charge in [0.1, 0.15) is 40.8 Å². The average Bonchev–Trinajstić information content (AvgIpc) is 1.38. The van der Waals surface area contributed by atoms with Gasteiger partial charge in [0, 0.05) is 56.5 Å². The van der Waals surface area contributed by atoms with Crippen molar-refractivity contribution >= 4 is 91.1 Å². The number of hydrogen-bond acceptors (Lipinski definition) is 13. The molecule has 5 N–H and O–H groups in total. The first-order valence-corrected chi connectivity index (χ1v) is 29.9. The second-order valence-electron chi connectivity index (χ2n) is 21.4. The highest BCUT2D eigenvalue weighted by molar-refractivity contribution is 9.10. The lowest BCUT2D eigenvalue weighted by molar-refractivity contribution is -0.137. The van der Waals surface area contributed by atoms with E-state index < -0.39 is 23.4 Å². The number of ether oxygens (including phenoxy) is 1. The third-order valence-corrected chi connectivity index (χ3v) is 14.5. The second-order valence-corrected chi connectivity index (χ2v) is 23.1. The molecule has 0 aliphatic rings.